The minimum absolute atomic E-state index is 0.0257. The topological polar surface area (TPSA) is 75.6 Å². The number of carbonyl (C=O) groups excluding carboxylic acids is 1. The number of ether oxygens (including phenoxy) is 1. The van der Waals surface area contributed by atoms with E-state index in [0.717, 1.165) is 0 Å². The highest BCUT2D eigenvalue weighted by atomic mass is 16.5. The molecule has 0 aliphatic heterocycles. The van der Waals surface area contributed by atoms with Gasteiger partial charge in [-0.3, -0.25) is 9.59 Å². The van der Waals surface area contributed by atoms with E-state index in [2.05, 4.69) is 5.32 Å². The molecule has 0 rings (SSSR count). The Morgan fingerprint density at radius 2 is 2.06 bits per heavy atom. The van der Waals surface area contributed by atoms with Gasteiger partial charge in [0, 0.05) is 19.6 Å². The van der Waals surface area contributed by atoms with Crippen LogP contribution in [0, 0.1) is 0 Å². The van der Waals surface area contributed by atoms with Crippen LogP contribution >= 0.6 is 0 Å². The number of carbonyl (C=O) groups is 2. The molecule has 0 saturated heterocycles. The summed E-state index contributed by atoms with van der Waals surface area (Å²) in [4.78, 5) is 21.9. The van der Waals surface area contributed by atoms with Gasteiger partial charge in [0.2, 0.25) is 5.91 Å². The molecule has 0 bridgehead atoms. The fourth-order valence-electron chi connectivity index (χ4n) is 1.26. The molecule has 0 heterocycles. The molecule has 0 radical (unpaired) electrons. The van der Waals surface area contributed by atoms with Gasteiger partial charge < -0.3 is 15.2 Å². The molecule has 0 spiro atoms. The fourth-order valence-corrected chi connectivity index (χ4v) is 1.26. The summed E-state index contributed by atoms with van der Waals surface area (Å²) in [5, 5.41) is 11.3. The average molecular weight is 231 g/mol. The Hall–Kier alpha value is -1.10. The summed E-state index contributed by atoms with van der Waals surface area (Å²) in [6.45, 7) is 3.74. The first kappa shape index (κ1) is 14.9. The van der Waals surface area contributed by atoms with Crippen LogP contribution in [0.5, 0.6) is 0 Å². The molecule has 1 amide bonds. The maximum atomic E-state index is 11.5. The van der Waals surface area contributed by atoms with Gasteiger partial charge in [0.05, 0.1) is 12.5 Å². The van der Waals surface area contributed by atoms with Crippen LogP contribution in [0.25, 0.3) is 0 Å². The molecule has 0 aromatic carbocycles. The lowest BCUT2D eigenvalue weighted by Crippen LogP contribution is -2.36. The molecular formula is C11H21NO4. The van der Waals surface area contributed by atoms with Gasteiger partial charge >= 0.3 is 5.97 Å². The monoisotopic (exact) mass is 231 g/mol. The van der Waals surface area contributed by atoms with E-state index >= 15 is 0 Å². The summed E-state index contributed by atoms with van der Waals surface area (Å²) < 4.78 is 5.02. The molecule has 0 saturated carbocycles. The van der Waals surface area contributed by atoms with E-state index in [9.17, 15) is 9.59 Å². The lowest BCUT2D eigenvalue weighted by Gasteiger charge is -2.15. The van der Waals surface area contributed by atoms with Crippen molar-refractivity contribution >= 4 is 11.9 Å². The van der Waals surface area contributed by atoms with E-state index in [-0.39, 0.29) is 24.5 Å². The number of carboxylic acids is 1. The van der Waals surface area contributed by atoms with E-state index in [0.29, 0.717) is 19.3 Å². The molecule has 0 aliphatic carbocycles. The van der Waals surface area contributed by atoms with E-state index in [4.69, 9.17) is 9.84 Å². The van der Waals surface area contributed by atoms with Crippen LogP contribution in [0.2, 0.25) is 0 Å². The molecule has 16 heavy (non-hydrogen) atoms. The largest absolute Gasteiger partial charge is 0.481 e. The number of hydrogen-bond acceptors (Lipinski definition) is 3. The zero-order chi connectivity index (χ0) is 12.6. The lowest BCUT2D eigenvalue weighted by molar-refractivity contribution is -0.137. The summed E-state index contributed by atoms with van der Waals surface area (Å²) in [5.41, 5.74) is 0. The molecule has 0 aromatic heterocycles. The van der Waals surface area contributed by atoms with Gasteiger partial charge in [-0.1, -0.05) is 6.92 Å². The number of aliphatic carboxylic acids is 1. The van der Waals surface area contributed by atoms with Gasteiger partial charge in [-0.05, 0) is 19.8 Å². The van der Waals surface area contributed by atoms with Crippen molar-refractivity contribution in [1.29, 1.82) is 0 Å². The lowest BCUT2D eigenvalue weighted by atomic mass is 10.1. The van der Waals surface area contributed by atoms with Crippen molar-refractivity contribution in [2.45, 2.75) is 51.7 Å². The van der Waals surface area contributed by atoms with Gasteiger partial charge in [-0.15, -0.1) is 0 Å². The second-order valence-corrected chi connectivity index (χ2v) is 3.86. The summed E-state index contributed by atoms with van der Waals surface area (Å²) in [7, 11) is 1.60. The van der Waals surface area contributed by atoms with Gasteiger partial charge in [-0.2, -0.15) is 0 Å². The number of carboxylic acid groups (broad SMARTS) is 1. The van der Waals surface area contributed by atoms with Crippen molar-refractivity contribution in [3.8, 4) is 0 Å². The third-order valence-electron chi connectivity index (χ3n) is 2.46. The first-order valence-electron chi connectivity index (χ1n) is 5.53. The molecule has 94 valence electrons. The van der Waals surface area contributed by atoms with Crippen molar-refractivity contribution in [3.63, 3.8) is 0 Å². The standard InChI is InChI=1S/C11H21NO4/c1-4-9(7-11(14)15)12-10(13)6-5-8(2)16-3/h8-9H,4-7H2,1-3H3,(H,12,13)(H,14,15). The zero-order valence-electron chi connectivity index (χ0n) is 10.2. The molecule has 2 atom stereocenters. The third kappa shape index (κ3) is 7.23. The van der Waals surface area contributed by atoms with Gasteiger partial charge in [0.25, 0.3) is 0 Å². The molecule has 0 fully saturated rings. The van der Waals surface area contributed by atoms with Crippen LogP contribution in [0.3, 0.4) is 0 Å². The zero-order valence-corrected chi connectivity index (χ0v) is 10.2. The van der Waals surface area contributed by atoms with Crippen molar-refractivity contribution in [2.75, 3.05) is 7.11 Å². The first-order chi connectivity index (χ1) is 7.49. The quantitative estimate of drug-likeness (QED) is 0.657. The van der Waals surface area contributed by atoms with E-state index in [1.165, 1.54) is 0 Å². The fraction of sp³-hybridized carbons (Fsp3) is 0.818. The maximum absolute atomic E-state index is 11.5. The Kier molecular flexibility index (Phi) is 7.54. The normalized spacial score (nSPS) is 14.2. The highest BCUT2D eigenvalue weighted by molar-refractivity contribution is 5.77. The van der Waals surface area contributed by atoms with Crippen LogP contribution in [0.1, 0.15) is 39.5 Å². The summed E-state index contributed by atoms with van der Waals surface area (Å²) in [5.74, 6) is -1.01. The predicted octanol–water partition coefficient (Wildman–Crippen LogP) is 1.17. The second kappa shape index (κ2) is 8.10. The molecular weight excluding hydrogens is 210 g/mol. The van der Waals surface area contributed by atoms with Gasteiger partial charge in [-0.25, -0.2) is 0 Å². The van der Waals surface area contributed by atoms with Crippen molar-refractivity contribution < 1.29 is 19.4 Å². The van der Waals surface area contributed by atoms with Gasteiger partial charge in [0.1, 0.15) is 0 Å². The second-order valence-electron chi connectivity index (χ2n) is 3.86. The van der Waals surface area contributed by atoms with Crippen LogP contribution in [0.4, 0.5) is 0 Å². The summed E-state index contributed by atoms with van der Waals surface area (Å²) >= 11 is 0. The smallest absolute Gasteiger partial charge is 0.305 e. The molecule has 0 aromatic rings. The first-order valence-corrected chi connectivity index (χ1v) is 5.53. The molecule has 5 heteroatoms. The van der Waals surface area contributed by atoms with Gasteiger partial charge in [0.15, 0.2) is 0 Å². The van der Waals surface area contributed by atoms with Crippen LogP contribution < -0.4 is 5.32 Å². The average Bonchev–Trinajstić information content (AvgIpc) is 2.24. The minimum Gasteiger partial charge on any atom is -0.481 e. The van der Waals surface area contributed by atoms with Crippen molar-refractivity contribution in [2.24, 2.45) is 0 Å². The molecule has 0 aliphatic rings. The number of hydrogen-bond donors (Lipinski definition) is 2. The number of nitrogens with one attached hydrogen (secondary N) is 1. The molecule has 5 nitrogen and oxygen atoms in total. The minimum atomic E-state index is -0.891. The SMILES string of the molecule is CCC(CC(=O)O)NC(=O)CCC(C)OC. The highest BCUT2D eigenvalue weighted by Crippen LogP contribution is 2.02. The van der Waals surface area contributed by atoms with E-state index in [1.54, 1.807) is 7.11 Å². The molecule has 2 N–H and O–H groups in total. The Morgan fingerprint density at radius 3 is 2.50 bits per heavy atom. The predicted molar refractivity (Wildman–Crippen MR) is 60.2 cm³/mol. The maximum Gasteiger partial charge on any atom is 0.305 e. The Labute approximate surface area is 96.2 Å². The Bertz CT molecular complexity index is 230. The Morgan fingerprint density at radius 1 is 1.44 bits per heavy atom. The number of rotatable bonds is 8. The third-order valence-corrected chi connectivity index (χ3v) is 2.46. The summed E-state index contributed by atoms with van der Waals surface area (Å²) in [6.07, 6.45) is 1.65. The van der Waals surface area contributed by atoms with Crippen molar-refractivity contribution in [3.05, 3.63) is 0 Å². The number of amides is 1. The number of methoxy groups -OCH3 is 1. The van der Waals surface area contributed by atoms with Crippen LogP contribution in [0.15, 0.2) is 0 Å². The van der Waals surface area contributed by atoms with Crippen molar-refractivity contribution in [1.82, 2.24) is 5.32 Å². The molecule has 2 unspecified atom stereocenters. The van der Waals surface area contributed by atoms with Crippen LogP contribution in [-0.2, 0) is 14.3 Å². The van der Waals surface area contributed by atoms with Crippen LogP contribution in [-0.4, -0.2) is 36.2 Å². The van der Waals surface area contributed by atoms with E-state index < -0.39 is 5.97 Å². The van der Waals surface area contributed by atoms with E-state index in [1.807, 2.05) is 13.8 Å². The highest BCUT2D eigenvalue weighted by Gasteiger charge is 2.14. The Balaban J connectivity index is 3.87. The summed E-state index contributed by atoms with van der Waals surface area (Å²) in [6, 6.07) is -0.275.